The van der Waals surface area contributed by atoms with E-state index >= 15 is 0 Å². The summed E-state index contributed by atoms with van der Waals surface area (Å²) < 4.78 is 0. The lowest BCUT2D eigenvalue weighted by Crippen LogP contribution is -2.39. The van der Waals surface area contributed by atoms with Gasteiger partial charge in [0.2, 0.25) is 11.8 Å². The quantitative estimate of drug-likeness (QED) is 0.915. The molecule has 0 aliphatic carbocycles. The van der Waals surface area contributed by atoms with E-state index in [1.54, 1.807) is 23.7 Å². The number of amides is 2. The first-order chi connectivity index (χ1) is 9.02. The zero-order chi connectivity index (χ0) is 14.0. The van der Waals surface area contributed by atoms with Crippen LogP contribution in [0.2, 0.25) is 0 Å². The van der Waals surface area contributed by atoms with Gasteiger partial charge in [0.1, 0.15) is 11.9 Å². The number of likely N-dealkylation sites (N-methyl/N-ethyl adjacent to an activating group) is 1. The molecule has 0 radical (unpaired) electrons. The molecule has 2 unspecified atom stereocenters. The van der Waals surface area contributed by atoms with Crippen LogP contribution in [0.1, 0.15) is 23.4 Å². The van der Waals surface area contributed by atoms with Gasteiger partial charge in [-0.2, -0.15) is 0 Å². The lowest BCUT2D eigenvalue weighted by molar-refractivity contribution is -0.134. The summed E-state index contributed by atoms with van der Waals surface area (Å²) in [5.74, 6) is -0.110. The normalized spacial score (nSPS) is 22.7. The molecule has 1 saturated heterocycles. The Bertz CT molecular complexity index is 504. The molecule has 0 bridgehead atoms. The molecule has 1 fully saturated rings. The van der Waals surface area contributed by atoms with E-state index in [0.717, 1.165) is 11.1 Å². The lowest BCUT2D eigenvalue weighted by Gasteiger charge is -2.23. The van der Waals surface area contributed by atoms with Crippen LogP contribution in [-0.4, -0.2) is 35.6 Å². The van der Waals surface area contributed by atoms with Gasteiger partial charge in [0, 0.05) is 7.05 Å². The number of nitrogens with one attached hydrogen (secondary N) is 1. The molecule has 5 heteroatoms. The molecular weight excluding hydrogens is 260 g/mol. The first-order valence-electron chi connectivity index (χ1n) is 6.26. The Morgan fingerprint density at radius 3 is 2.84 bits per heavy atom. The van der Waals surface area contributed by atoms with Crippen molar-refractivity contribution in [3.05, 3.63) is 35.4 Å². The summed E-state index contributed by atoms with van der Waals surface area (Å²) in [6.45, 7) is 4.03. The summed E-state index contributed by atoms with van der Waals surface area (Å²) in [5.41, 5.74) is 2.23. The van der Waals surface area contributed by atoms with Gasteiger partial charge in [0.25, 0.3) is 0 Å². The van der Waals surface area contributed by atoms with Gasteiger partial charge in [-0.25, -0.2) is 0 Å². The number of carbonyl (C=O) groups is 2. The number of nitrogens with zero attached hydrogens (tertiary/aromatic N) is 1. The van der Waals surface area contributed by atoms with E-state index in [1.165, 1.54) is 0 Å². The SMILES string of the molecule is CNC(=O)CN1C(=O)C(C)SC1c1cccc(C)c1. The summed E-state index contributed by atoms with van der Waals surface area (Å²) in [6, 6.07) is 8.08. The smallest absolute Gasteiger partial charge is 0.239 e. The van der Waals surface area contributed by atoms with Crippen LogP contribution in [0.25, 0.3) is 0 Å². The van der Waals surface area contributed by atoms with Gasteiger partial charge in [-0.1, -0.05) is 29.8 Å². The molecule has 1 heterocycles. The Balaban J connectivity index is 2.27. The number of thioether (sulfide) groups is 1. The molecule has 19 heavy (non-hydrogen) atoms. The van der Waals surface area contributed by atoms with Gasteiger partial charge in [-0.3, -0.25) is 9.59 Å². The Labute approximate surface area is 117 Å². The Morgan fingerprint density at radius 2 is 2.21 bits per heavy atom. The second-order valence-electron chi connectivity index (χ2n) is 4.68. The molecule has 1 aromatic carbocycles. The third-order valence-corrected chi connectivity index (χ3v) is 4.56. The van der Waals surface area contributed by atoms with E-state index < -0.39 is 0 Å². The van der Waals surface area contributed by atoms with E-state index in [1.807, 2.05) is 32.0 Å². The van der Waals surface area contributed by atoms with Crippen LogP contribution in [0.5, 0.6) is 0 Å². The molecule has 4 nitrogen and oxygen atoms in total. The van der Waals surface area contributed by atoms with Crippen molar-refractivity contribution in [3.8, 4) is 0 Å². The summed E-state index contributed by atoms with van der Waals surface area (Å²) in [7, 11) is 1.58. The van der Waals surface area contributed by atoms with Crippen LogP contribution in [0.3, 0.4) is 0 Å². The first-order valence-corrected chi connectivity index (χ1v) is 7.20. The maximum absolute atomic E-state index is 12.2. The van der Waals surface area contributed by atoms with Crippen molar-refractivity contribution in [1.82, 2.24) is 10.2 Å². The topological polar surface area (TPSA) is 49.4 Å². The minimum Gasteiger partial charge on any atom is -0.358 e. The molecule has 0 aromatic heterocycles. The second-order valence-corrected chi connectivity index (χ2v) is 6.11. The van der Waals surface area contributed by atoms with Gasteiger partial charge < -0.3 is 10.2 Å². The molecule has 2 atom stereocenters. The van der Waals surface area contributed by atoms with Gasteiger partial charge >= 0.3 is 0 Å². The van der Waals surface area contributed by atoms with Crippen LogP contribution >= 0.6 is 11.8 Å². The highest BCUT2D eigenvalue weighted by Crippen LogP contribution is 2.42. The van der Waals surface area contributed by atoms with E-state index in [2.05, 4.69) is 11.4 Å². The van der Waals surface area contributed by atoms with Crippen molar-refractivity contribution < 1.29 is 9.59 Å². The van der Waals surface area contributed by atoms with Gasteiger partial charge in [-0.15, -0.1) is 11.8 Å². The maximum Gasteiger partial charge on any atom is 0.239 e. The molecule has 1 aliphatic heterocycles. The van der Waals surface area contributed by atoms with Crippen LogP contribution in [0, 0.1) is 6.92 Å². The molecule has 0 saturated carbocycles. The Morgan fingerprint density at radius 1 is 1.47 bits per heavy atom. The molecule has 2 amide bonds. The van der Waals surface area contributed by atoms with Crippen LogP contribution in [0.4, 0.5) is 0 Å². The number of hydrogen-bond acceptors (Lipinski definition) is 3. The third kappa shape index (κ3) is 2.92. The first kappa shape index (κ1) is 13.9. The highest BCUT2D eigenvalue weighted by Gasteiger charge is 2.39. The number of aryl methyl sites for hydroxylation is 1. The molecule has 1 aliphatic rings. The number of carbonyl (C=O) groups excluding carboxylic acids is 2. The predicted octanol–water partition coefficient (Wildman–Crippen LogP) is 1.70. The van der Waals surface area contributed by atoms with E-state index in [0.29, 0.717) is 0 Å². The van der Waals surface area contributed by atoms with Crippen molar-refractivity contribution >= 4 is 23.6 Å². The average molecular weight is 278 g/mol. The lowest BCUT2D eigenvalue weighted by atomic mass is 10.1. The predicted molar refractivity (Wildman–Crippen MR) is 76.8 cm³/mol. The Kier molecular flexibility index (Phi) is 4.14. The van der Waals surface area contributed by atoms with Crippen molar-refractivity contribution in [1.29, 1.82) is 0 Å². The minimum absolute atomic E-state index is 0.0279. The van der Waals surface area contributed by atoms with Crippen LogP contribution < -0.4 is 5.32 Å². The Hall–Kier alpha value is -1.49. The highest BCUT2D eigenvalue weighted by molar-refractivity contribution is 8.01. The van der Waals surface area contributed by atoms with E-state index in [9.17, 15) is 9.59 Å². The summed E-state index contributed by atoms with van der Waals surface area (Å²) >= 11 is 1.59. The number of rotatable bonds is 3. The monoisotopic (exact) mass is 278 g/mol. The molecular formula is C14H18N2O2S. The molecule has 1 aromatic rings. The second kappa shape index (κ2) is 5.65. The van der Waals surface area contributed by atoms with Crippen molar-refractivity contribution in [2.75, 3.05) is 13.6 Å². The van der Waals surface area contributed by atoms with Crippen LogP contribution in [-0.2, 0) is 9.59 Å². The number of hydrogen-bond donors (Lipinski definition) is 1. The number of benzene rings is 1. The zero-order valence-corrected chi connectivity index (χ0v) is 12.2. The average Bonchev–Trinajstić information content (AvgIpc) is 2.67. The van der Waals surface area contributed by atoms with Crippen molar-refractivity contribution in [3.63, 3.8) is 0 Å². The fourth-order valence-corrected chi connectivity index (χ4v) is 3.42. The third-order valence-electron chi connectivity index (χ3n) is 3.17. The van der Waals surface area contributed by atoms with Crippen LogP contribution in [0.15, 0.2) is 24.3 Å². The fourth-order valence-electron chi connectivity index (χ4n) is 2.15. The van der Waals surface area contributed by atoms with Crippen molar-refractivity contribution in [2.24, 2.45) is 0 Å². The molecule has 102 valence electrons. The van der Waals surface area contributed by atoms with Gasteiger partial charge in [-0.05, 0) is 19.4 Å². The fraction of sp³-hybridized carbons (Fsp3) is 0.429. The molecule has 2 rings (SSSR count). The van der Waals surface area contributed by atoms with E-state index in [4.69, 9.17) is 0 Å². The largest absolute Gasteiger partial charge is 0.358 e. The van der Waals surface area contributed by atoms with Gasteiger partial charge in [0.05, 0.1) is 5.25 Å². The molecule has 1 N–H and O–H groups in total. The summed E-state index contributed by atoms with van der Waals surface area (Å²) in [6.07, 6.45) is 0. The summed E-state index contributed by atoms with van der Waals surface area (Å²) in [5, 5.41) is 2.40. The standard InChI is InChI=1S/C14H18N2O2S/c1-9-5-4-6-11(7-9)14-16(8-12(17)15-3)13(18)10(2)19-14/h4-7,10,14H,8H2,1-3H3,(H,15,17). The zero-order valence-electron chi connectivity index (χ0n) is 11.3. The van der Waals surface area contributed by atoms with E-state index in [-0.39, 0.29) is 29.0 Å². The highest BCUT2D eigenvalue weighted by atomic mass is 32.2. The minimum atomic E-state index is -0.138. The maximum atomic E-state index is 12.2. The van der Waals surface area contributed by atoms with Crippen molar-refractivity contribution in [2.45, 2.75) is 24.5 Å². The molecule has 0 spiro atoms. The summed E-state index contributed by atoms with van der Waals surface area (Å²) in [4.78, 5) is 25.4. The van der Waals surface area contributed by atoms with Gasteiger partial charge in [0.15, 0.2) is 0 Å².